The third-order valence-corrected chi connectivity index (χ3v) is 6.27. The van der Waals surface area contributed by atoms with Gasteiger partial charge in [-0.05, 0) is 37.8 Å². The van der Waals surface area contributed by atoms with Crippen LogP contribution in [0.2, 0.25) is 0 Å². The quantitative estimate of drug-likeness (QED) is 0.376. The molecule has 0 amide bonds. The molecule has 35 heavy (non-hydrogen) atoms. The number of carbonyl (C=O) groups excluding carboxylic acids is 2. The number of ether oxygens (including phenoxy) is 3. The molecular weight excluding hydrogens is 442 g/mol. The van der Waals surface area contributed by atoms with Crippen molar-refractivity contribution in [2.45, 2.75) is 52.1 Å². The summed E-state index contributed by atoms with van der Waals surface area (Å²) in [6.45, 7) is 5.41. The molecule has 0 saturated carbocycles. The van der Waals surface area contributed by atoms with Crippen LogP contribution in [0.4, 0.5) is 0 Å². The number of allylic oxidation sites excluding steroid dienone is 3. The van der Waals surface area contributed by atoms with Crippen LogP contribution >= 0.6 is 0 Å². The molecule has 0 fully saturated rings. The number of esters is 1. The Kier molecular flexibility index (Phi) is 8.37. The number of nitrogens with one attached hydrogen (secondary N) is 1. The molecule has 1 aliphatic carbocycles. The summed E-state index contributed by atoms with van der Waals surface area (Å²) in [5.41, 5.74) is 4.53. The lowest BCUT2D eigenvalue weighted by Crippen LogP contribution is -2.34. The van der Waals surface area contributed by atoms with E-state index in [-0.39, 0.29) is 12.4 Å². The largest absolute Gasteiger partial charge is 0.489 e. The molecule has 6 nitrogen and oxygen atoms in total. The van der Waals surface area contributed by atoms with Gasteiger partial charge < -0.3 is 19.5 Å². The number of dihydropyridines is 1. The summed E-state index contributed by atoms with van der Waals surface area (Å²) in [7, 11) is 0. The summed E-state index contributed by atoms with van der Waals surface area (Å²) in [6.07, 6.45) is 2.94. The van der Waals surface area contributed by atoms with Crippen LogP contribution in [0.15, 0.2) is 77.1 Å². The molecule has 0 aromatic heterocycles. The van der Waals surface area contributed by atoms with E-state index >= 15 is 0 Å². The van der Waals surface area contributed by atoms with Crippen LogP contribution in [-0.2, 0) is 25.7 Å². The van der Waals surface area contributed by atoms with Gasteiger partial charge in [-0.25, -0.2) is 4.79 Å². The Morgan fingerprint density at radius 3 is 2.57 bits per heavy atom. The smallest absolute Gasteiger partial charge is 0.336 e. The molecule has 1 aliphatic heterocycles. The molecule has 1 atom stereocenters. The first kappa shape index (κ1) is 24.7. The van der Waals surface area contributed by atoms with E-state index in [1.807, 2.05) is 68.4 Å². The zero-order valence-electron chi connectivity index (χ0n) is 20.5. The summed E-state index contributed by atoms with van der Waals surface area (Å²) in [5, 5.41) is 3.33. The maximum atomic E-state index is 13.3. The minimum atomic E-state index is -0.546. The van der Waals surface area contributed by atoms with Crippen molar-refractivity contribution in [1.29, 1.82) is 0 Å². The van der Waals surface area contributed by atoms with Crippen molar-refractivity contribution in [3.05, 3.63) is 88.3 Å². The molecule has 0 radical (unpaired) electrons. The van der Waals surface area contributed by atoms with Gasteiger partial charge in [-0.15, -0.1) is 0 Å². The van der Waals surface area contributed by atoms with Gasteiger partial charge >= 0.3 is 5.97 Å². The van der Waals surface area contributed by atoms with Crippen molar-refractivity contribution in [3.8, 4) is 5.75 Å². The van der Waals surface area contributed by atoms with Crippen LogP contribution in [0.1, 0.15) is 56.6 Å². The normalized spacial score (nSPS) is 17.7. The second-order valence-electron chi connectivity index (χ2n) is 8.83. The highest BCUT2D eigenvalue weighted by molar-refractivity contribution is 6.04. The Morgan fingerprint density at radius 1 is 1.00 bits per heavy atom. The summed E-state index contributed by atoms with van der Waals surface area (Å²) in [5.74, 6) is -0.276. The first-order valence-electron chi connectivity index (χ1n) is 12.3. The van der Waals surface area contributed by atoms with Gasteiger partial charge in [0.25, 0.3) is 0 Å². The number of para-hydroxylation sites is 1. The predicted octanol–water partition coefficient (Wildman–Crippen LogP) is 5.20. The highest BCUT2D eigenvalue weighted by Gasteiger charge is 2.40. The lowest BCUT2D eigenvalue weighted by atomic mass is 9.75. The molecule has 0 spiro atoms. The van der Waals surface area contributed by atoms with E-state index in [9.17, 15) is 9.59 Å². The van der Waals surface area contributed by atoms with E-state index in [2.05, 4.69) is 5.32 Å². The van der Waals surface area contributed by atoms with Crippen molar-refractivity contribution in [3.63, 3.8) is 0 Å². The summed E-state index contributed by atoms with van der Waals surface area (Å²) in [6, 6.07) is 17.6. The van der Waals surface area contributed by atoms with E-state index in [0.29, 0.717) is 48.8 Å². The molecule has 0 saturated heterocycles. The van der Waals surface area contributed by atoms with E-state index in [1.165, 1.54) is 0 Å². The van der Waals surface area contributed by atoms with Crippen LogP contribution in [-0.4, -0.2) is 31.6 Å². The second kappa shape index (κ2) is 11.8. The number of benzene rings is 2. The SMILES string of the molecule is CCCOCCOC(=O)C1=C(C)NC2=C(C(=O)CCC2)C1c1ccccc1OCc1ccccc1. The zero-order chi connectivity index (χ0) is 24.6. The van der Waals surface area contributed by atoms with Gasteiger partial charge in [-0.2, -0.15) is 0 Å². The maximum Gasteiger partial charge on any atom is 0.336 e. The first-order valence-corrected chi connectivity index (χ1v) is 12.3. The molecule has 4 rings (SSSR count). The van der Waals surface area contributed by atoms with Crippen molar-refractivity contribution < 1.29 is 23.8 Å². The summed E-state index contributed by atoms with van der Waals surface area (Å²) in [4.78, 5) is 26.5. The summed E-state index contributed by atoms with van der Waals surface area (Å²) >= 11 is 0. The number of Topliss-reactive ketones (excluding diaryl/α,β-unsaturated/α-hetero) is 1. The average Bonchev–Trinajstić information content (AvgIpc) is 2.87. The fourth-order valence-corrected chi connectivity index (χ4v) is 4.67. The topological polar surface area (TPSA) is 73.9 Å². The van der Waals surface area contributed by atoms with Crippen molar-refractivity contribution in [1.82, 2.24) is 5.32 Å². The molecular formula is C29H33NO5. The van der Waals surface area contributed by atoms with Crippen molar-refractivity contribution in [2.75, 3.05) is 19.8 Å². The fourth-order valence-electron chi connectivity index (χ4n) is 4.67. The zero-order valence-corrected chi connectivity index (χ0v) is 20.5. The number of carbonyl (C=O) groups is 2. The standard InChI is InChI=1S/C29H33NO5/c1-3-16-33-17-18-34-29(32)26-20(2)30-23-13-9-14-24(31)28(23)27(26)22-12-7-8-15-25(22)35-19-21-10-5-4-6-11-21/h4-8,10-12,15,27,30H,3,9,13-14,16-19H2,1-2H3. The van der Waals surface area contributed by atoms with Gasteiger partial charge in [0.05, 0.1) is 18.1 Å². The minimum absolute atomic E-state index is 0.0608. The Morgan fingerprint density at radius 2 is 1.77 bits per heavy atom. The Bertz CT molecular complexity index is 1120. The van der Waals surface area contributed by atoms with Crippen LogP contribution in [0.3, 0.4) is 0 Å². The van der Waals surface area contributed by atoms with Crippen LogP contribution < -0.4 is 10.1 Å². The number of ketones is 1. The minimum Gasteiger partial charge on any atom is -0.489 e. The molecule has 6 heteroatoms. The Labute approximate surface area is 207 Å². The van der Waals surface area contributed by atoms with Crippen molar-refractivity contribution in [2.24, 2.45) is 0 Å². The number of rotatable bonds is 10. The Hall–Kier alpha value is -3.38. The lowest BCUT2D eigenvalue weighted by molar-refractivity contribution is -0.141. The molecule has 2 aliphatic rings. The van der Waals surface area contributed by atoms with Gasteiger partial charge in [-0.1, -0.05) is 55.5 Å². The van der Waals surface area contributed by atoms with Gasteiger partial charge in [-0.3, -0.25) is 4.79 Å². The first-order chi connectivity index (χ1) is 17.1. The van der Waals surface area contributed by atoms with Crippen LogP contribution in [0.25, 0.3) is 0 Å². The third-order valence-electron chi connectivity index (χ3n) is 6.27. The van der Waals surface area contributed by atoms with Crippen LogP contribution in [0.5, 0.6) is 5.75 Å². The van der Waals surface area contributed by atoms with E-state index in [4.69, 9.17) is 14.2 Å². The van der Waals surface area contributed by atoms with Gasteiger partial charge in [0.15, 0.2) is 5.78 Å². The molecule has 1 N–H and O–H groups in total. The molecule has 1 heterocycles. The molecule has 2 aromatic carbocycles. The van der Waals surface area contributed by atoms with Crippen LogP contribution in [0, 0.1) is 0 Å². The second-order valence-corrected chi connectivity index (χ2v) is 8.83. The van der Waals surface area contributed by atoms with Gasteiger partial charge in [0.2, 0.25) is 0 Å². The number of hydrogen-bond acceptors (Lipinski definition) is 6. The predicted molar refractivity (Wildman–Crippen MR) is 134 cm³/mol. The molecule has 2 aromatic rings. The van der Waals surface area contributed by atoms with E-state index in [0.717, 1.165) is 36.1 Å². The average molecular weight is 476 g/mol. The maximum absolute atomic E-state index is 13.3. The number of hydrogen-bond donors (Lipinski definition) is 1. The van der Waals surface area contributed by atoms with Crippen molar-refractivity contribution >= 4 is 11.8 Å². The van der Waals surface area contributed by atoms with Gasteiger partial charge in [0.1, 0.15) is 19.0 Å². The summed E-state index contributed by atoms with van der Waals surface area (Å²) < 4.78 is 17.3. The van der Waals surface area contributed by atoms with E-state index < -0.39 is 11.9 Å². The van der Waals surface area contributed by atoms with E-state index in [1.54, 1.807) is 0 Å². The highest BCUT2D eigenvalue weighted by Crippen LogP contribution is 2.45. The molecule has 184 valence electrons. The monoisotopic (exact) mass is 475 g/mol. The fraction of sp³-hybridized carbons (Fsp3) is 0.379. The van der Waals surface area contributed by atoms with Gasteiger partial charge in [0, 0.05) is 35.6 Å². The Balaban J connectivity index is 1.67. The third kappa shape index (κ3) is 5.82. The lowest BCUT2D eigenvalue weighted by Gasteiger charge is -2.34. The molecule has 0 bridgehead atoms. The highest BCUT2D eigenvalue weighted by atomic mass is 16.6. The molecule has 1 unspecified atom stereocenters.